The molecule has 0 bridgehead atoms. The molecule has 4 aromatic rings. The second-order valence-corrected chi connectivity index (χ2v) is 9.51. The summed E-state index contributed by atoms with van der Waals surface area (Å²) in [5, 5.41) is 2.70. The number of methoxy groups -OCH3 is 1. The van der Waals surface area contributed by atoms with E-state index in [1.54, 1.807) is 36.4 Å². The summed E-state index contributed by atoms with van der Waals surface area (Å²) >= 11 is 0. The molecule has 0 unspecified atom stereocenters. The average Bonchev–Trinajstić information content (AvgIpc) is 2.89. The van der Waals surface area contributed by atoms with Crippen LogP contribution in [0.5, 0.6) is 17.2 Å². The van der Waals surface area contributed by atoms with Gasteiger partial charge in [0, 0.05) is 5.69 Å². The maximum atomic E-state index is 13.4. The number of anilines is 2. The minimum atomic E-state index is -4.17. The Labute approximate surface area is 208 Å². The third-order valence-corrected chi connectivity index (χ3v) is 6.95. The predicted octanol–water partition coefficient (Wildman–Crippen LogP) is 5.46. The lowest BCUT2D eigenvalue weighted by atomic mass is 10.3. The molecule has 0 heterocycles. The van der Waals surface area contributed by atoms with Gasteiger partial charge in [-0.25, -0.2) is 12.8 Å². The van der Waals surface area contributed by atoms with Crippen LogP contribution in [0, 0.1) is 5.82 Å². The molecule has 0 atom stereocenters. The molecule has 0 saturated carbocycles. The summed E-state index contributed by atoms with van der Waals surface area (Å²) < 4.78 is 52.0. The Morgan fingerprint density at radius 2 is 1.39 bits per heavy atom. The van der Waals surface area contributed by atoms with Crippen molar-refractivity contribution in [3.63, 3.8) is 0 Å². The van der Waals surface area contributed by atoms with Crippen LogP contribution in [0.15, 0.2) is 108 Å². The van der Waals surface area contributed by atoms with Crippen molar-refractivity contribution in [1.82, 2.24) is 0 Å². The van der Waals surface area contributed by atoms with E-state index in [-0.39, 0.29) is 10.6 Å². The topological polar surface area (TPSA) is 84.9 Å². The summed E-state index contributed by atoms with van der Waals surface area (Å²) in [4.78, 5) is 12.8. The Kier molecular flexibility index (Phi) is 7.50. The van der Waals surface area contributed by atoms with Crippen molar-refractivity contribution in [1.29, 1.82) is 0 Å². The fourth-order valence-corrected chi connectivity index (χ4v) is 4.78. The molecule has 0 aromatic heterocycles. The molecule has 0 saturated heterocycles. The van der Waals surface area contributed by atoms with Gasteiger partial charge in [0.15, 0.2) is 0 Å². The van der Waals surface area contributed by atoms with Gasteiger partial charge >= 0.3 is 0 Å². The van der Waals surface area contributed by atoms with Crippen LogP contribution in [-0.2, 0) is 14.8 Å². The highest BCUT2D eigenvalue weighted by atomic mass is 32.2. The Hall–Kier alpha value is -4.37. The van der Waals surface area contributed by atoms with Gasteiger partial charge in [0.05, 0.1) is 17.7 Å². The van der Waals surface area contributed by atoms with E-state index in [0.717, 1.165) is 28.6 Å². The lowest BCUT2D eigenvalue weighted by Gasteiger charge is -2.24. The van der Waals surface area contributed by atoms with E-state index in [0.29, 0.717) is 22.9 Å². The van der Waals surface area contributed by atoms with Gasteiger partial charge in [-0.05, 0) is 84.9 Å². The molecule has 4 rings (SSSR count). The van der Waals surface area contributed by atoms with E-state index in [2.05, 4.69) is 5.32 Å². The molecule has 0 aliphatic carbocycles. The molecule has 184 valence electrons. The third-order valence-electron chi connectivity index (χ3n) is 5.17. The van der Waals surface area contributed by atoms with E-state index in [4.69, 9.17) is 9.47 Å². The van der Waals surface area contributed by atoms with Crippen LogP contribution in [0.4, 0.5) is 15.8 Å². The number of benzene rings is 4. The van der Waals surface area contributed by atoms with Crippen molar-refractivity contribution in [3.05, 3.63) is 109 Å². The minimum absolute atomic E-state index is 0.144. The molecule has 1 N–H and O–H groups in total. The normalized spacial score (nSPS) is 10.9. The SMILES string of the molecule is COc1ccc(N(CC(=O)Nc2ccc(Oc3ccccc3)cc2)S(=O)(=O)c2ccc(F)cc2)cc1. The fourth-order valence-electron chi connectivity index (χ4n) is 3.36. The summed E-state index contributed by atoms with van der Waals surface area (Å²) in [6.07, 6.45) is 0. The Morgan fingerprint density at radius 3 is 2.00 bits per heavy atom. The van der Waals surface area contributed by atoms with Crippen molar-refractivity contribution in [2.45, 2.75) is 4.90 Å². The fraction of sp³-hybridized carbons (Fsp3) is 0.0741. The van der Waals surface area contributed by atoms with E-state index in [1.807, 2.05) is 30.3 Å². The van der Waals surface area contributed by atoms with Crippen LogP contribution >= 0.6 is 0 Å². The zero-order chi connectivity index (χ0) is 25.5. The van der Waals surface area contributed by atoms with Gasteiger partial charge in [-0.1, -0.05) is 18.2 Å². The summed E-state index contributed by atoms with van der Waals surface area (Å²) in [5.74, 6) is 0.657. The number of halogens is 1. The first-order chi connectivity index (χ1) is 17.3. The van der Waals surface area contributed by atoms with Gasteiger partial charge in [-0.15, -0.1) is 0 Å². The van der Waals surface area contributed by atoms with Crippen LogP contribution in [0.25, 0.3) is 0 Å². The van der Waals surface area contributed by atoms with Crippen LogP contribution in [0.2, 0.25) is 0 Å². The lowest BCUT2D eigenvalue weighted by molar-refractivity contribution is -0.114. The summed E-state index contributed by atoms with van der Waals surface area (Å²) in [5.41, 5.74) is 0.719. The minimum Gasteiger partial charge on any atom is -0.497 e. The van der Waals surface area contributed by atoms with Crippen molar-refractivity contribution < 1.29 is 27.1 Å². The maximum Gasteiger partial charge on any atom is 0.264 e. The number of hydrogen-bond donors (Lipinski definition) is 1. The van der Waals surface area contributed by atoms with Gasteiger partial charge in [0.25, 0.3) is 10.0 Å². The molecule has 0 aliphatic rings. The molecule has 36 heavy (non-hydrogen) atoms. The van der Waals surface area contributed by atoms with E-state index >= 15 is 0 Å². The number of nitrogens with one attached hydrogen (secondary N) is 1. The maximum absolute atomic E-state index is 13.4. The lowest BCUT2D eigenvalue weighted by Crippen LogP contribution is -2.38. The monoisotopic (exact) mass is 506 g/mol. The second-order valence-electron chi connectivity index (χ2n) is 7.65. The highest BCUT2D eigenvalue weighted by Crippen LogP contribution is 2.27. The van der Waals surface area contributed by atoms with E-state index in [1.165, 1.54) is 19.2 Å². The molecule has 4 aromatic carbocycles. The Bertz CT molecular complexity index is 1410. The van der Waals surface area contributed by atoms with Gasteiger partial charge in [-0.3, -0.25) is 9.10 Å². The zero-order valence-electron chi connectivity index (χ0n) is 19.3. The predicted molar refractivity (Wildman–Crippen MR) is 136 cm³/mol. The van der Waals surface area contributed by atoms with Gasteiger partial charge in [0.2, 0.25) is 5.91 Å². The smallest absolute Gasteiger partial charge is 0.264 e. The highest BCUT2D eigenvalue weighted by Gasteiger charge is 2.27. The first kappa shape index (κ1) is 24.7. The summed E-state index contributed by atoms with van der Waals surface area (Å²) in [7, 11) is -2.68. The largest absolute Gasteiger partial charge is 0.497 e. The first-order valence-electron chi connectivity index (χ1n) is 10.9. The van der Waals surface area contributed by atoms with E-state index < -0.39 is 28.3 Å². The highest BCUT2D eigenvalue weighted by molar-refractivity contribution is 7.92. The number of hydrogen-bond acceptors (Lipinski definition) is 5. The van der Waals surface area contributed by atoms with Crippen molar-refractivity contribution in [3.8, 4) is 17.2 Å². The number of para-hydroxylation sites is 1. The van der Waals surface area contributed by atoms with Crippen LogP contribution in [-0.4, -0.2) is 28.0 Å². The number of carbonyl (C=O) groups is 1. The van der Waals surface area contributed by atoms with Crippen molar-refractivity contribution in [2.75, 3.05) is 23.3 Å². The average molecular weight is 507 g/mol. The Morgan fingerprint density at radius 1 is 0.806 bits per heavy atom. The van der Waals surface area contributed by atoms with Crippen LogP contribution in [0.3, 0.4) is 0 Å². The van der Waals surface area contributed by atoms with E-state index in [9.17, 15) is 17.6 Å². The number of amides is 1. The second kappa shape index (κ2) is 10.9. The summed E-state index contributed by atoms with van der Waals surface area (Å²) in [6, 6.07) is 26.6. The number of nitrogens with zero attached hydrogens (tertiary/aromatic N) is 1. The number of rotatable bonds is 9. The third kappa shape index (κ3) is 6.00. The van der Waals surface area contributed by atoms with Gasteiger partial charge in [-0.2, -0.15) is 0 Å². The van der Waals surface area contributed by atoms with Gasteiger partial charge < -0.3 is 14.8 Å². The first-order valence-corrected chi connectivity index (χ1v) is 12.3. The molecular weight excluding hydrogens is 483 g/mol. The molecule has 0 fully saturated rings. The number of sulfonamides is 1. The molecule has 7 nitrogen and oxygen atoms in total. The quantitative estimate of drug-likeness (QED) is 0.326. The number of carbonyl (C=O) groups excluding carboxylic acids is 1. The molecule has 1 amide bonds. The molecule has 0 radical (unpaired) electrons. The molecule has 0 aliphatic heterocycles. The van der Waals surface area contributed by atoms with Crippen molar-refractivity contribution in [2.24, 2.45) is 0 Å². The standard InChI is InChI=1S/C27H23FN2O5S/c1-34-23-15-11-22(12-16-23)30(36(32,33)26-17-7-20(28)8-18-26)19-27(31)29-21-9-13-25(14-10-21)35-24-5-3-2-4-6-24/h2-18H,19H2,1H3,(H,29,31). The Balaban J connectivity index is 1.53. The number of ether oxygens (including phenoxy) is 2. The van der Waals surface area contributed by atoms with Crippen molar-refractivity contribution >= 4 is 27.3 Å². The van der Waals surface area contributed by atoms with Crippen LogP contribution < -0.4 is 19.1 Å². The molecular formula is C27H23FN2O5S. The molecule has 9 heteroatoms. The van der Waals surface area contributed by atoms with Crippen LogP contribution in [0.1, 0.15) is 0 Å². The zero-order valence-corrected chi connectivity index (χ0v) is 20.1. The summed E-state index contributed by atoms with van der Waals surface area (Å²) in [6.45, 7) is -0.506. The van der Waals surface area contributed by atoms with Gasteiger partial charge in [0.1, 0.15) is 29.6 Å². The molecule has 0 spiro atoms.